The Kier molecular flexibility index (Phi) is 7.98. The number of piperidine rings is 1. The Morgan fingerprint density at radius 1 is 1.19 bits per heavy atom. The maximum absolute atomic E-state index is 12.8. The predicted octanol–water partition coefficient (Wildman–Crippen LogP) is 4.02. The molecule has 1 aliphatic carbocycles. The predicted molar refractivity (Wildman–Crippen MR) is 121 cm³/mol. The molecule has 2 aliphatic rings. The standard InChI is InChI=1S/C25H38N2O4/c1-19-18-26(14-13-25(19,2)20-7-6-10-22(28)17-20)15-16-27(21-8-4-3-5-9-21)23(29)11-12-24(30)31/h6-7,10,17,19,21,28H,3-5,8-9,11-16,18H2,1-2H3,(H,30,31)/t19-,25-/m0/s1. The number of aromatic hydroxyl groups is 1. The first-order chi connectivity index (χ1) is 14.8. The number of carbonyl (C=O) groups is 2. The normalized spacial score (nSPS) is 25.3. The van der Waals surface area contributed by atoms with Gasteiger partial charge in [-0.05, 0) is 54.8 Å². The molecule has 1 aliphatic heterocycles. The van der Waals surface area contributed by atoms with Crippen molar-refractivity contribution in [3.05, 3.63) is 29.8 Å². The van der Waals surface area contributed by atoms with Crippen LogP contribution in [0.5, 0.6) is 5.75 Å². The number of amides is 1. The lowest BCUT2D eigenvalue weighted by atomic mass is 9.68. The van der Waals surface area contributed by atoms with Crippen LogP contribution in [0.2, 0.25) is 0 Å². The number of likely N-dealkylation sites (tertiary alicyclic amines) is 1. The molecule has 3 rings (SSSR count). The molecule has 31 heavy (non-hydrogen) atoms. The Morgan fingerprint density at radius 2 is 1.94 bits per heavy atom. The molecule has 0 bridgehead atoms. The van der Waals surface area contributed by atoms with E-state index in [2.05, 4.69) is 24.8 Å². The van der Waals surface area contributed by atoms with E-state index in [-0.39, 0.29) is 30.2 Å². The Labute approximate surface area is 186 Å². The smallest absolute Gasteiger partial charge is 0.303 e. The highest BCUT2D eigenvalue weighted by Crippen LogP contribution is 2.40. The van der Waals surface area contributed by atoms with Crippen LogP contribution in [-0.2, 0) is 15.0 Å². The van der Waals surface area contributed by atoms with Crippen LogP contribution in [0.25, 0.3) is 0 Å². The molecule has 0 radical (unpaired) electrons. The molecule has 1 heterocycles. The highest BCUT2D eigenvalue weighted by molar-refractivity contribution is 5.81. The number of hydrogen-bond acceptors (Lipinski definition) is 4. The number of phenolic OH excluding ortho intramolecular Hbond substituents is 1. The molecule has 2 fully saturated rings. The highest BCUT2D eigenvalue weighted by atomic mass is 16.4. The molecule has 1 aromatic rings. The van der Waals surface area contributed by atoms with Gasteiger partial charge in [-0.25, -0.2) is 0 Å². The Hall–Kier alpha value is -2.08. The summed E-state index contributed by atoms with van der Waals surface area (Å²) in [6.45, 7) is 7.97. The SMILES string of the molecule is C[C@H]1CN(CCN(C(=O)CCC(=O)O)C2CCCCC2)CC[C@]1(C)c1cccc(O)c1. The molecule has 0 spiro atoms. The lowest BCUT2D eigenvalue weighted by molar-refractivity contribution is -0.142. The molecular formula is C25H38N2O4. The van der Waals surface area contributed by atoms with Gasteiger partial charge in [0.25, 0.3) is 0 Å². The summed E-state index contributed by atoms with van der Waals surface area (Å²) in [4.78, 5) is 28.2. The van der Waals surface area contributed by atoms with E-state index < -0.39 is 5.97 Å². The molecule has 6 heteroatoms. The van der Waals surface area contributed by atoms with Crippen molar-refractivity contribution in [3.63, 3.8) is 0 Å². The third-order valence-electron chi connectivity index (χ3n) is 7.62. The van der Waals surface area contributed by atoms with Crippen molar-refractivity contribution in [2.24, 2.45) is 5.92 Å². The van der Waals surface area contributed by atoms with Gasteiger partial charge in [0.15, 0.2) is 0 Å². The molecular weight excluding hydrogens is 392 g/mol. The summed E-state index contributed by atoms with van der Waals surface area (Å²) in [5.41, 5.74) is 1.21. The van der Waals surface area contributed by atoms with Gasteiger partial charge in [0, 0.05) is 32.1 Å². The first kappa shape index (κ1) is 23.6. The summed E-state index contributed by atoms with van der Waals surface area (Å²) in [7, 11) is 0. The first-order valence-electron chi connectivity index (χ1n) is 11.8. The Balaban J connectivity index is 1.60. The van der Waals surface area contributed by atoms with E-state index in [1.807, 2.05) is 17.0 Å². The maximum Gasteiger partial charge on any atom is 0.303 e. The molecule has 2 atom stereocenters. The third-order valence-corrected chi connectivity index (χ3v) is 7.62. The number of rotatable bonds is 8. The molecule has 6 nitrogen and oxygen atoms in total. The number of phenols is 1. The van der Waals surface area contributed by atoms with Crippen molar-refractivity contribution >= 4 is 11.9 Å². The van der Waals surface area contributed by atoms with Crippen LogP contribution in [0.3, 0.4) is 0 Å². The molecule has 0 unspecified atom stereocenters. The maximum atomic E-state index is 12.8. The molecule has 1 saturated heterocycles. The third kappa shape index (κ3) is 6.00. The van der Waals surface area contributed by atoms with Crippen LogP contribution in [0.1, 0.15) is 70.8 Å². The second kappa shape index (κ2) is 10.5. The number of carboxylic acid groups (broad SMARTS) is 1. The number of hydrogen-bond donors (Lipinski definition) is 2. The van der Waals surface area contributed by atoms with Crippen molar-refractivity contribution in [2.45, 2.75) is 76.7 Å². The minimum atomic E-state index is -0.909. The molecule has 1 aromatic carbocycles. The van der Waals surface area contributed by atoms with Gasteiger partial charge >= 0.3 is 5.97 Å². The average Bonchev–Trinajstić information content (AvgIpc) is 2.75. The number of carbonyl (C=O) groups excluding carboxylic acids is 1. The minimum Gasteiger partial charge on any atom is -0.508 e. The molecule has 1 saturated carbocycles. The van der Waals surface area contributed by atoms with E-state index in [1.165, 1.54) is 12.0 Å². The van der Waals surface area contributed by atoms with Gasteiger partial charge in [0.1, 0.15) is 5.75 Å². The average molecular weight is 431 g/mol. The topological polar surface area (TPSA) is 81.1 Å². The lowest BCUT2D eigenvalue weighted by Gasteiger charge is -2.46. The summed E-state index contributed by atoms with van der Waals surface area (Å²) in [5.74, 6) is -0.178. The van der Waals surface area contributed by atoms with E-state index in [4.69, 9.17) is 5.11 Å². The summed E-state index contributed by atoms with van der Waals surface area (Å²) in [5, 5.41) is 18.9. The fourth-order valence-electron chi connectivity index (χ4n) is 5.32. The molecule has 0 aromatic heterocycles. The van der Waals surface area contributed by atoms with Gasteiger partial charge in [-0.2, -0.15) is 0 Å². The number of benzene rings is 1. The highest BCUT2D eigenvalue weighted by Gasteiger charge is 2.38. The fraction of sp³-hybridized carbons (Fsp3) is 0.680. The fourth-order valence-corrected chi connectivity index (χ4v) is 5.32. The quantitative estimate of drug-likeness (QED) is 0.651. The van der Waals surface area contributed by atoms with Crippen molar-refractivity contribution in [1.29, 1.82) is 0 Å². The summed E-state index contributed by atoms with van der Waals surface area (Å²) >= 11 is 0. The van der Waals surface area contributed by atoms with E-state index in [0.29, 0.717) is 18.2 Å². The van der Waals surface area contributed by atoms with Crippen LogP contribution < -0.4 is 0 Å². The minimum absolute atomic E-state index is 0.0102. The van der Waals surface area contributed by atoms with E-state index >= 15 is 0 Å². The number of nitrogens with zero attached hydrogens (tertiary/aromatic N) is 2. The Morgan fingerprint density at radius 3 is 2.58 bits per heavy atom. The van der Waals surface area contributed by atoms with Gasteiger partial charge in [-0.15, -0.1) is 0 Å². The van der Waals surface area contributed by atoms with Crippen molar-refractivity contribution in [1.82, 2.24) is 9.80 Å². The molecule has 172 valence electrons. The zero-order valence-electron chi connectivity index (χ0n) is 19.1. The van der Waals surface area contributed by atoms with Gasteiger partial charge in [-0.1, -0.05) is 45.2 Å². The van der Waals surface area contributed by atoms with Crippen LogP contribution in [0.15, 0.2) is 24.3 Å². The Bertz CT molecular complexity index is 762. The second-order valence-corrected chi connectivity index (χ2v) is 9.69. The van der Waals surface area contributed by atoms with E-state index in [9.17, 15) is 14.7 Å². The summed E-state index contributed by atoms with van der Waals surface area (Å²) < 4.78 is 0. The zero-order valence-corrected chi connectivity index (χ0v) is 19.1. The first-order valence-corrected chi connectivity index (χ1v) is 11.8. The molecule has 1 amide bonds. The van der Waals surface area contributed by atoms with Gasteiger partial charge < -0.3 is 20.0 Å². The molecule has 2 N–H and O–H groups in total. The summed E-state index contributed by atoms with van der Waals surface area (Å²) in [6.07, 6.45) is 6.60. The van der Waals surface area contributed by atoms with Crippen LogP contribution in [0.4, 0.5) is 0 Å². The number of carboxylic acids is 1. The summed E-state index contributed by atoms with van der Waals surface area (Å²) in [6, 6.07) is 7.89. The van der Waals surface area contributed by atoms with Crippen LogP contribution >= 0.6 is 0 Å². The van der Waals surface area contributed by atoms with Crippen LogP contribution in [-0.4, -0.2) is 64.1 Å². The van der Waals surface area contributed by atoms with Crippen LogP contribution in [0, 0.1) is 5.92 Å². The zero-order chi connectivity index (χ0) is 22.4. The van der Waals surface area contributed by atoms with Crippen molar-refractivity contribution < 1.29 is 19.8 Å². The van der Waals surface area contributed by atoms with Gasteiger partial charge in [-0.3, -0.25) is 9.59 Å². The van der Waals surface area contributed by atoms with Gasteiger partial charge in [0.05, 0.1) is 6.42 Å². The van der Waals surface area contributed by atoms with Crippen molar-refractivity contribution in [2.75, 3.05) is 26.2 Å². The number of aliphatic carboxylic acids is 1. The largest absolute Gasteiger partial charge is 0.508 e. The second-order valence-electron chi connectivity index (χ2n) is 9.69. The van der Waals surface area contributed by atoms with E-state index in [1.54, 1.807) is 6.07 Å². The van der Waals surface area contributed by atoms with Gasteiger partial charge in [0.2, 0.25) is 5.91 Å². The van der Waals surface area contributed by atoms with E-state index in [0.717, 1.165) is 51.7 Å². The monoisotopic (exact) mass is 430 g/mol. The lowest BCUT2D eigenvalue weighted by Crippen LogP contribution is -2.51. The van der Waals surface area contributed by atoms with Crippen molar-refractivity contribution in [3.8, 4) is 5.75 Å².